The van der Waals surface area contributed by atoms with Crippen molar-refractivity contribution in [3.63, 3.8) is 0 Å². The number of hydrogen-bond donors (Lipinski definition) is 0. The van der Waals surface area contributed by atoms with Crippen LogP contribution in [0.5, 0.6) is 0 Å². The van der Waals surface area contributed by atoms with Crippen molar-refractivity contribution >= 4 is 21.8 Å². The van der Waals surface area contributed by atoms with Gasteiger partial charge in [-0.2, -0.15) is 26.3 Å². The van der Waals surface area contributed by atoms with E-state index in [1.807, 2.05) is 0 Å². The Bertz CT molecular complexity index is 1590. The van der Waals surface area contributed by atoms with Crippen LogP contribution in [0.2, 0.25) is 0 Å². The average molecular weight is 722 g/mol. The van der Waals surface area contributed by atoms with Gasteiger partial charge in [0.2, 0.25) is 5.91 Å². The Morgan fingerprint density at radius 2 is 1.35 bits per heavy atom. The van der Waals surface area contributed by atoms with Crippen LogP contribution in [0, 0.1) is 11.7 Å². The molecule has 0 aromatic heterocycles. The van der Waals surface area contributed by atoms with E-state index in [1.165, 1.54) is 16.7 Å². The molecule has 0 radical (unpaired) electrons. The number of piperazine rings is 1. The molecule has 1 aliphatic carbocycles. The Balaban J connectivity index is 1.53. The van der Waals surface area contributed by atoms with Crippen LogP contribution in [0.15, 0.2) is 53.4 Å². The minimum atomic E-state index is -5.91. The average Bonchev–Trinajstić information content (AvgIpc) is 3.52. The van der Waals surface area contributed by atoms with Crippen LogP contribution >= 0.6 is 0 Å². The van der Waals surface area contributed by atoms with Crippen molar-refractivity contribution in [2.24, 2.45) is 5.92 Å². The zero-order chi connectivity index (χ0) is 35.8. The third-order valence-electron chi connectivity index (χ3n) is 10.0. The van der Waals surface area contributed by atoms with Crippen LogP contribution in [0.1, 0.15) is 56.6 Å². The fourth-order valence-electron chi connectivity index (χ4n) is 7.15. The zero-order valence-electron chi connectivity index (χ0n) is 26.8. The number of sulfone groups is 1. The van der Waals surface area contributed by atoms with E-state index in [0.29, 0.717) is 37.8 Å². The second-order valence-corrected chi connectivity index (χ2v) is 15.2. The molecule has 270 valence electrons. The van der Waals surface area contributed by atoms with Gasteiger partial charge in [-0.15, -0.1) is 0 Å². The quantitative estimate of drug-likeness (QED) is 0.244. The predicted molar refractivity (Wildman–Crippen MR) is 163 cm³/mol. The second-order valence-electron chi connectivity index (χ2n) is 13.0. The third kappa shape index (κ3) is 6.86. The SMILES string of the molecule is CC(=O)N1CCN(C(=O)N2CCC(c3ccc(C(OCC4CCCCC4)(C(F)(F)F)C(F)(F)F)cc3)(S(=O)(=O)c3ccc(F)cc3)C2)CC1. The van der Waals surface area contributed by atoms with E-state index in [0.717, 1.165) is 42.8 Å². The second kappa shape index (κ2) is 13.7. The summed E-state index contributed by atoms with van der Waals surface area (Å²) in [5.41, 5.74) is -6.06. The van der Waals surface area contributed by atoms with Gasteiger partial charge >= 0.3 is 18.4 Å². The normalized spacial score (nSPS) is 21.7. The largest absolute Gasteiger partial charge is 0.430 e. The number of nitrogens with zero attached hydrogens (tertiary/aromatic N) is 3. The summed E-state index contributed by atoms with van der Waals surface area (Å²) < 4.78 is 133. The number of halogens is 7. The van der Waals surface area contributed by atoms with Crippen molar-refractivity contribution in [3.05, 3.63) is 65.5 Å². The summed E-state index contributed by atoms with van der Waals surface area (Å²) in [7, 11) is -4.52. The molecule has 0 N–H and O–H groups in total. The first-order valence-corrected chi connectivity index (χ1v) is 17.6. The topological polar surface area (TPSA) is 87.2 Å². The number of ether oxygens (including phenoxy) is 1. The van der Waals surface area contributed by atoms with Crippen molar-refractivity contribution < 1.29 is 53.5 Å². The molecule has 2 heterocycles. The molecule has 1 saturated carbocycles. The van der Waals surface area contributed by atoms with Gasteiger partial charge in [0.05, 0.1) is 11.5 Å². The van der Waals surface area contributed by atoms with Crippen LogP contribution in [-0.4, -0.2) is 93.3 Å². The molecule has 2 saturated heterocycles. The Morgan fingerprint density at radius 3 is 1.88 bits per heavy atom. The zero-order valence-corrected chi connectivity index (χ0v) is 27.6. The molecule has 8 nitrogen and oxygen atoms in total. The van der Waals surface area contributed by atoms with Gasteiger partial charge in [0.25, 0.3) is 5.60 Å². The van der Waals surface area contributed by atoms with Gasteiger partial charge in [-0.1, -0.05) is 43.5 Å². The van der Waals surface area contributed by atoms with E-state index in [-0.39, 0.29) is 55.5 Å². The first kappa shape index (κ1) is 36.9. The number of amides is 3. The van der Waals surface area contributed by atoms with Crippen LogP contribution < -0.4 is 0 Å². The van der Waals surface area contributed by atoms with Crippen molar-refractivity contribution in [2.45, 2.75) is 73.0 Å². The Kier molecular flexibility index (Phi) is 10.3. The van der Waals surface area contributed by atoms with Gasteiger partial charge in [-0.25, -0.2) is 17.6 Å². The highest BCUT2D eigenvalue weighted by Gasteiger charge is 2.73. The monoisotopic (exact) mass is 721 g/mol. The summed E-state index contributed by atoms with van der Waals surface area (Å²) in [6.45, 7) is 0.942. The highest BCUT2D eigenvalue weighted by molar-refractivity contribution is 7.92. The Morgan fingerprint density at radius 1 is 0.796 bits per heavy atom. The number of rotatable bonds is 7. The number of alkyl halides is 6. The van der Waals surface area contributed by atoms with Gasteiger partial charge in [-0.3, -0.25) is 4.79 Å². The number of benzene rings is 2. The maximum absolute atomic E-state index is 14.6. The molecule has 0 bridgehead atoms. The predicted octanol–water partition coefficient (Wildman–Crippen LogP) is 6.40. The van der Waals surface area contributed by atoms with E-state index >= 15 is 0 Å². The highest BCUT2D eigenvalue weighted by Crippen LogP contribution is 2.54. The standard InChI is InChI=1S/C33H38F7N3O5S/c1-23(44)41-17-19-42(20-18-41)29(45)43-16-15-30(22-43,49(46,47)28-13-11-27(34)12-14-28)25-7-9-26(10-8-25)31(32(35,36)37,33(38,39)40)48-21-24-5-3-2-4-6-24/h7-14,24H,2-6,15-22H2,1H3. The maximum atomic E-state index is 14.6. The van der Waals surface area contributed by atoms with E-state index in [1.54, 1.807) is 4.90 Å². The van der Waals surface area contributed by atoms with Gasteiger partial charge < -0.3 is 19.4 Å². The van der Waals surface area contributed by atoms with Gasteiger partial charge in [0.1, 0.15) is 10.6 Å². The number of carbonyl (C=O) groups excluding carboxylic acids is 2. The van der Waals surface area contributed by atoms with Gasteiger partial charge in [-0.05, 0) is 55.0 Å². The number of carbonyl (C=O) groups is 2. The van der Waals surface area contributed by atoms with Gasteiger partial charge in [0.15, 0.2) is 9.84 Å². The lowest BCUT2D eigenvalue weighted by molar-refractivity contribution is -0.391. The molecule has 2 aliphatic heterocycles. The first-order valence-electron chi connectivity index (χ1n) is 16.1. The fraction of sp³-hybridized carbons (Fsp3) is 0.576. The Hall–Kier alpha value is -3.40. The molecular weight excluding hydrogens is 683 g/mol. The van der Waals surface area contributed by atoms with Crippen LogP contribution in [-0.2, 0) is 29.7 Å². The van der Waals surface area contributed by atoms with Crippen molar-refractivity contribution in [1.82, 2.24) is 14.7 Å². The molecule has 0 spiro atoms. The molecule has 3 aliphatic rings. The summed E-state index contributed by atoms with van der Waals surface area (Å²) in [6.07, 6.45) is -9.01. The molecule has 1 unspecified atom stereocenters. The summed E-state index contributed by atoms with van der Waals surface area (Å²) in [6, 6.07) is 6.34. The number of likely N-dealkylation sites (tertiary alicyclic amines) is 1. The fourth-order valence-corrected chi connectivity index (χ4v) is 9.23. The maximum Gasteiger partial charge on any atom is 0.430 e. The lowest BCUT2D eigenvalue weighted by atomic mass is 9.87. The summed E-state index contributed by atoms with van der Waals surface area (Å²) in [5.74, 6) is -1.37. The lowest BCUT2D eigenvalue weighted by Gasteiger charge is -2.39. The number of hydrogen-bond acceptors (Lipinski definition) is 5. The third-order valence-corrected chi connectivity index (χ3v) is 12.5. The molecule has 3 amide bonds. The van der Waals surface area contributed by atoms with E-state index in [9.17, 15) is 48.7 Å². The molecule has 5 rings (SSSR count). The van der Waals surface area contributed by atoms with Crippen molar-refractivity contribution in [3.8, 4) is 0 Å². The summed E-state index contributed by atoms with van der Waals surface area (Å²) >= 11 is 0. The van der Waals surface area contributed by atoms with Crippen LogP contribution in [0.4, 0.5) is 35.5 Å². The lowest BCUT2D eigenvalue weighted by Crippen LogP contribution is -2.56. The molecule has 16 heteroatoms. The minimum absolute atomic E-state index is 0.104. The van der Waals surface area contributed by atoms with Crippen LogP contribution in [0.3, 0.4) is 0 Å². The van der Waals surface area contributed by atoms with Crippen LogP contribution in [0.25, 0.3) is 0 Å². The highest BCUT2D eigenvalue weighted by atomic mass is 32.2. The van der Waals surface area contributed by atoms with E-state index < -0.39 is 69.0 Å². The molecule has 49 heavy (non-hydrogen) atoms. The van der Waals surface area contributed by atoms with Gasteiger partial charge in [0, 0.05) is 51.8 Å². The Labute approximate surface area is 280 Å². The molecule has 3 fully saturated rings. The van der Waals surface area contributed by atoms with Crippen molar-refractivity contribution in [1.29, 1.82) is 0 Å². The molecule has 1 atom stereocenters. The van der Waals surface area contributed by atoms with Crippen molar-refractivity contribution in [2.75, 3.05) is 45.9 Å². The molecule has 2 aromatic carbocycles. The molecule has 2 aromatic rings. The first-order chi connectivity index (χ1) is 22.9. The summed E-state index contributed by atoms with van der Waals surface area (Å²) in [5, 5.41) is 0. The van der Waals surface area contributed by atoms with E-state index in [4.69, 9.17) is 4.74 Å². The minimum Gasteiger partial charge on any atom is -0.354 e. The van der Waals surface area contributed by atoms with E-state index in [2.05, 4.69) is 0 Å². The number of urea groups is 1. The summed E-state index contributed by atoms with van der Waals surface area (Å²) in [4.78, 5) is 29.2. The smallest absolute Gasteiger partial charge is 0.354 e. The molecular formula is C33H38F7N3O5S.